The normalized spacial score (nSPS) is 26.8. The lowest BCUT2D eigenvalue weighted by atomic mass is 10.1. The van der Waals surface area contributed by atoms with Crippen molar-refractivity contribution in [1.29, 1.82) is 0 Å². The highest BCUT2D eigenvalue weighted by atomic mass is 31.1. The molecule has 5 nitrogen and oxygen atoms in total. The van der Waals surface area contributed by atoms with E-state index in [9.17, 15) is 4.57 Å². The molecule has 6 heteroatoms. The van der Waals surface area contributed by atoms with Crippen molar-refractivity contribution in [2.24, 2.45) is 0 Å². The van der Waals surface area contributed by atoms with Crippen LogP contribution in [0.1, 0.15) is 38.5 Å². The monoisotopic (exact) mass is 277 g/mol. The van der Waals surface area contributed by atoms with Crippen molar-refractivity contribution in [3.05, 3.63) is 0 Å². The summed E-state index contributed by atoms with van der Waals surface area (Å²) in [6, 6.07) is 0. The maximum Gasteiger partial charge on any atom is 0.803 e. The Kier molecular flexibility index (Phi) is 4.73. The lowest BCUT2D eigenvalue weighted by Gasteiger charge is -2.30. The molecule has 18 heavy (non-hydrogen) atoms. The molecule has 0 spiro atoms. The molecule has 0 saturated carbocycles. The number of hydrogen-bond acceptors (Lipinski definition) is 3. The summed E-state index contributed by atoms with van der Waals surface area (Å²) >= 11 is 0. The minimum Gasteiger partial charge on any atom is -0.130 e. The SMILES string of the molecule is C[N+]1(O[P+](=O)O[N+]2(C)CCCCC2)CCCCC1. The van der Waals surface area contributed by atoms with Crippen LogP contribution in [-0.4, -0.2) is 49.6 Å². The van der Waals surface area contributed by atoms with Crippen LogP contribution in [-0.2, 0) is 13.8 Å². The fraction of sp³-hybridized carbons (Fsp3) is 1.00. The van der Waals surface area contributed by atoms with Crippen LogP contribution >= 0.6 is 8.25 Å². The van der Waals surface area contributed by atoms with E-state index in [1.165, 1.54) is 12.8 Å². The number of likely N-dealkylation sites (tertiary alicyclic amines) is 2. The van der Waals surface area contributed by atoms with Crippen LogP contribution in [0, 0.1) is 0 Å². The molecule has 2 saturated heterocycles. The van der Waals surface area contributed by atoms with Crippen molar-refractivity contribution in [2.45, 2.75) is 38.5 Å². The summed E-state index contributed by atoms with van der Waals surface area (Å²) in [6.45, 7) is 3.75. The van der Waals surface area contributed by atoms with E-state index in [4.69, 9.17) is 9.25 Å². The third kappa shape index (κ3) is 3.97. The highest BCUT2D eigenvalue weighted by Gasteiger charge is 2.47. The van der Waals surface area contributed by atoms with Crippen molar-refractivity contribution in [3.8, 4) is 0 Å². The maximum absolute atomic E-state index is 12.1. The Morgan fingerprint density at radius 1 is 0.722 bits per heavy atom. The third-order valence-corrected chi connectivity index (χ3v) is 5.11. The van der Waals surface area contributed by atoms with Gasteiger partial charge in [-0.05, 0) is 38.5 Å². The van der Waals surface area contributed by atoms with E-state index in [0.29, 0.717) is 9.29 Å². The van der Waals surface area contributed by atoms with E-state index in [1.54, 1.807) is 0 Å². The molecule has 104 valence electrons. The summed E-state index contributed by atoms with van der Waals surface area (Å²) in [4.78, 5) is 0. The van der Waals surface area contributed by atoms with Gasteiger partial charge in [-0.3, -0.25) is 0 Å². The molecule has 0 atom stereocenters. The maximum atomic E-state index is 12.1. The largest absolute Gasteiger partial charge is 0.803 e. The molecule has 2 fully saturated rings. The Morgan fingerprint density at radius 3 is 1.39 bits per heavy atom. The number of rotatable bonds is 4. The van der Waals surface area contributed by atoms with Crippen LogP contribution in [0.2, 0.25) is 0 Å². The average molecular weight is 277 g/mol. The first-order valence-corrected chi connectivity index (χ1v) is 8.17. The summed E-state index contributed by atoms with van der Waals surface area (Å²) in [5.74, 6) is 0. The van der Waals surface area contributed by atoms with Gasteiger partial charge in [-0.2, -0.15) is 0 Å². The number of hydrogen-bond donors (Lipinski definition) is 0. The Labute approximate surface area is 111 Å². The van der Waals surface area contributed by atoms with Crippen LogP contribution in [0.3, 0.4) is 0 Å². The second kappa shape index (κ2) is 5.93. The van der Waals surface area contributed by atoms with E-state index in [-0.39, 0.29) is 0 Å². The van der Waals surface area contributed by atoms with Crippen LogP contribution in [0.5, 0.6) is 0 Å². The molecule has 2 rings (SSSR count). The minimum absolute atomic E-state index is 0.440. The molecule has 2 heterocycles. The minimum atomic E-state index is -2.03. The van der Waals surface area contributed by atoms with Crippen LogP contribution < -0.4 is 0 Å². The summed E-state index contributed by atoms with van der Waals surface area (Å²) < 4.78 is 24.3. The average Bonchev–Trinajstić information content (AvgIpc) is 2.29. The molecule has 0 unspecified atom stereocenters. The van der Waals surface area contributed by atoms with Crippen LogP contribution in [0.4, 0.5) is 0 Å². The first-order valence-electron chi connectivity index (χ1n) is 7.07. The molecule has 0 aliphatic carbocycles. The van der Waals surface area contributed by atoms with Crippen molar-refractivity contribution in [1.82, 2.24) is 0 Å². The number of quaternary nitrogens is 2. The van der Waals surface area contributed by atoms with Gasteiger partial charge in [0, 0.05) is 4.57 Å². The summed E-state index contributed by atoms with van der Waals surface area (Å²) in [6.07, 6.45) is 7.08. The van der Waals surface area contributed by atoms with E-state index in [1.807, 2.05) is 14.1 Å². The first kappa shape index (κ1) is 14.4. The van der Waals surface area contributed by atoms with Gasteiger partial charge in [0.05, 0.1) is 9.25 Å². The van der Waals surface area contributed by atoms with E-state index in [2.05, 4.69) is 0 Å². The highest BCUT2D eigenvalue weighted by Crippen LogP contribution is 2.36. The molecular formula is C12H26N2O3P+3. The molecule has 0 aromatic heterocycles. The molecule has 0 radical (unpaired) electrons. The van der Waals surface area contributed by atoms with Gasteiger partial charge in [-0.1, -0.05) is 0 Å². The molecule has 2 aliphatic rings. The predicted molar refractivity (Wildman–Crippen MR) is 69.3 cm³/mol. The standard InChI is InChI=1S/C12H26N2O3P/c1-13(9-5-3-6-10-13)16-18(15)17-14(2)11-7-4-8-12-14/h3-12H2,1-2H3/q+3. The van der Waals surface area contributed by atoms with Crippen molar-refractivity contribution >= 4 is 8.25 Å². The summed E-state index contributed by atoms with van der Waals surface area (Å²) in [7, 11) is 1.98. The first-order chi connectivity index (χ1) is 8.52. The Balaban J connectivity index is 1.83. The zero-order valence-corrected chi connectivity index (χ0v) is 12.5. The van der Waals surface area contributed by atoms with Crippen molar-refractivity contribution < 1.29 is 23.1 Å². The number of hydroxylamine groups is 6. The van der Waals surface area contributed by atoms with Gasteiger partial charge in [0.2, 0.25) is 0 Å². The Morgan fingerprint density at radius 2 is 1.06 bits per heavy atom. The molecule has 0 bridgehead atoms. The lowest BCUT2D eigenvalue weighted by molar-refractivity contribution is -1.09. The van der Waals surface area contributed by atoms with Crippen molar-refractivity contribution in [2.75, 3.05) is 40.3 Å². The fourth-order valence-electron chi connectivity index (χ4n) is 2.86. The van der Waals surface area contributed by atoms with E-state index >= 15 is 0 Å². The second-order valence-corrected chi connectivity index (χ2v) is 6.77. The zero-order chi connectivity index (χ0) is 13.1. The van der Waals surface area contributed by atoms with Crippen LogP contribution in [0.15, 0.2) is 0 Å². The molecule has 0 N–H and O–H groups in total. The van der Waals surface area contributed by atoms with Gasteiger partial charge in [0.25, 0.3) is 0 Å². The zero-order valence-electron chi connectivity index (χ0n) is 11.6. The molecule has 0 aromatic carbocycles. The molecular weight excluding hydrogens is 251 g/mol. The van der Waals surface area contributed by atoms with Crippen molar-refractivity contribution in [3.63, 3.8) is 0 Å². The van der Waals surface area contributed by atoms with Gasteiger partial charge in [-0.25, -0.2) is 0 Å². The van der Waals surface area contributed by atoms with E-state index < -0.39 is 8.25 Å². The number of piperidine rings is 2. The van der Waals surface area contributed by atoms with Gasteiger partial charge in [-0.15, -0.1) is 9.29 Å². The highest BCUT2D eigenvalue weighted by molar-refractivity contribution is 7.32. The van der Waals surface area contributed by atoms with Gasteiger partial charge < -0.3 is 0 Å². The predicted octanol–water partition coefficient (Wildman–Crippen LogP) is 2.77. The smallest absolute Gasteiger partial charge is 0.130 e. The quantitative estimate of drug-likeness (QED) is 0.585. The van der Waals surface area contributed by atoms with Gasteiger partial charge in [0.15, 0.2) is 0 Å². The fourth-order valence-corrected chi connectivity index (χ4v) is 3.86. The van der Waals surface area contributed by atoms with Gasteiger partial charge >= 0.3 is 8.25 Å². The number of nitrogens with zero attached hydrogens (tertiary/aromatic N) is 2. The molecule has 0 amide bonds. The molecule has 0 aromatic rings. The summed E-state index contributed by atoms with van der Waals surface area (Å²) in [5.41, 5.74) is 0. The lowest BCUT2D eigenvalue weighted by Crippen LogP contribution is -2.48. The summed E-state index contributed by atoms with van der Waals surface area (Å²) in [5, 5.41) is 0. The van der Waals surface area contributed by atoms with Crippen LogP contribution in [0.25, 0.3) is 0 Å². The second-order valence-electron chi connectivity index (χ2n) is 6.00. The van der Waals surface area contributed by atoms with E-state index in [0.717, 1.165) is 51.9 Å². The molecule has 2 aliphatic heterocycles. The Bertz CT molecular complexity index is 272. The van der Waals surface area contributed by atoms with Gasteiger partial charge in [0.1, 0.15) is 40.3 Å². The third-order valence-electron chi connectivity index (χ3n) is 4.05. The Hall–Kier alpha value is -0.0600. The topological polar surface area (TPSA) is 35.5 Å².